The number of ether oxygens (including phenoxy) is 1. The van der Waals surface area contributed by atoms with Gasteiger partial charge in [0.1, 0.15) is 6.54 Å². The fraction of sp³-hybridized carbons (Fsp3) is 0.278. The number of carbonyl (C=O) groups excluding carboxylic acids is 1. The Kier molecular flexibility index (Phi) is 4.16. The van der Waals surface area contributed by atoms with Crippen molar-refractivity contribution >= 4 is 34.3 Å². The van der Waals surface area contributed by atoms with Crippen LogP contribution in [0.25, 0.3) is 11.0 Å². The van der Waals surface area contributed by atoms with Crippen molar-refractivity contribution in [3.63, 3.8) is 0 Å². The van der Waals surface area contributed by atoms with Crippen LogP contribution in [0.3, 0.4) is 0 Å². The summed E-state index contributed by atoms with van der Waals surface area (Å²) in [6.07, 6.45) is 3.14. The van der Waals surface area contributed by atoms with Crippen LogP contribution in [-0.4, -0.2) is 34.8 Å². The number of benzene rings is 1. The molecule has 7 nitrogen and oxygen atoms in total. The molecule has 0 fully saturated rings. The number of hydrogen-bond acceptors (Lipinski definition) is 6. The number of rotatable bonds is 5. The van der Waals surface area contributed by atoms with Gasteiger partial charge >= 0.3 is 5.97 Å². The second kappa shape index (κ2) is 6.62. The van der Waals surface area contributed by atoms with Gasteiger partial charge in [-0.3, -0.25) is 9.89 Å². The highest BCUT2D eigenvalue weighted by atomic mass is 19.1. The third-order valence-corrected chi connectivity index (χ3v) is 4.53. The topological polar surface area (TPSA) is 91.9 Å². The van der Waals surface area contributed by atoms with Gasteiger partial charge in [0.15, 0.2) is 23.1 Å². The number of aryl methyl sites for hydroxylation is 1. The van der Waals surface area contributed by atoms with E-state index in [1.807, 2.05) is 12.1 Å². The molecule has 1 aliphatic carbocycles. The van der Waals surface area contributed by atoms with E-state index in [0.717, 1.165) is 24.9 Å². The number of aromatic amines is 1. The number of H-pyrrole nitrogens is 1. The molecule has 2 aromatic heterocycles. The summed E-state index contributed by atoms with van der Waals surface area (Å²) in [7, 11) is 1.30. The Balaban J connectivity index is 1.62. The van der Waals surface area contributed by atoms with Gasteiger partial charge in [-0.1, -0.05) is 12.1 Å². The minimum atomic E-state index is -0.490. The molecule has 0 atom stereocenters. The molecule has 8 heteroatoms. The lowest BCUT2D eigenvalue weighted by molar-refractivity contribution is -0.138. The number of esters is 1. The van der Waals surface area contributed by atoms with E-state index in [-0.39, 0.29) is 12.4 Å². The second-order valence-electron chi connectivity index (χ2n) is 6.14. The van der Waals surface area contributed by atoms with Gasteiger partial charge in [0, 0.05) is 5.69 Å². The van der Waals surface area contributed by atoms with Crippen molar-refractivity contribution in [1.29, 1.82) is 0 Å². The largest absolute Gasteiger partial charge is 0.468 e. The molecule has 1 aromatic carbocycles. The third kappa shape index (κ3) is 2.94. The van der Waals surface area contributed by atoms with Crippen LogP contribution in [0.4, 0.5) is 21.7 Å². The van der Waals surface area contributed by atoms with E-state index in [1.165, 1.54) is 24.3 Å². The average molecular weight is 355 g/mol. The first-order chi connectivity index (χ1) is 12.7. The van der Waals surface area contributed by atoms with E-state index >= 15 is 0 Å². The smallest absolute Gasteiger partial charge is 0.325 e. The maximum absolute atomic E-state index is 14.6. The van der Waals surface area contributed by atoms with E-state index in [0.29, 0.717) is 16.9 Å². The normalized spacial score (nSPS) is 12.8. The van der Waals surface area contributed by atoms with Gasteiger partial charge in [-0.2, -0.15) is 5.10 Å². The average Bonchev–Trinajstić information content (AvgIpc) is 3.27. The zero-order valence-corrected chi connectivity index (χ0v) is 14.2. The van der Waals surface area contributed by atoms with Crippen molar-refractivity contribution in [2.24, 2.45) is 0 Å². The molecule has 0 saturated heterocycles. The quantitative estimate of drug-likeness (QED) is 0.610. The van der Waals surface area contributed by atoms with Crippen molar-refractivity contribution in [2.75, 3.05) is 24.3 Å². The molecule has 0 bridgehead atoms. The summed E-state index contributed by atoms with van der Waals surface area (Å²) in [6.45, 7) is -0.0613. The Bertz CT molecular complexity index is 985. The second-order valence-corrected chi connectivity index (χ2v) is 6.14. The molecule has 0 saturated carbocycles. The Hall–Kier alpha value is -3.16. The first-order valence-electron chi connectivity index (χ1n) is 8.39. The third-order valence-electron chi connectivity index (χ3n) is 4.53. The summed E-state index contributed by atoms with van der Waals surface area (Å²) >= 11 is 0. The molecule has 0 aliphatic heterocycles. The molecule has 3 aromatic rings. The lowest BCUT2D eigenvalue weighted by Crippen LogP contribution is -2.15. The summed E-state index contributed by atoms with van der Waals surface area (Å²) in [6, 6.07) is 7.35. The predicted molar refractivity (Wildman–Crippen MR) is 96.1 cm³/mol. The van der Waals surface area contributed by atoms with Crippen molar-refractivity contribution in [1.82, 2.24) is 15.2 Å². The molecule has 26 heavy (non-hydrogen) atoms. The standard InChI is InChI=1S/C18H18FN5O2/c1-26-15(25)9-20-16-12-8-13(19)18(22-17(12)24-23-16)21-14-7-3-5-10-4-2-6-11(10)14/h3,5,7-8H,2,4,6,9H2,1H3,(H3,20,21,22,23,24). The van der Waals surface area contributed by atoms with Crippen LogP contribution in [0.2, 0.25) is 0 Å². The number of hydrogen-bond donors (Lipinski definition) is 3. The van der Waals surface area contributed by atoms with Crippen molar-refractivity contribution in [3.05, 3.63) is 41.2 Å². The number of nitrogens with zero attached hydrogens (tertiary/aromatic N) is 2. The van der Waals surface area contributed by atoms with Gasteiger partial charge in [-0.25, -0.2) is 9.37 Å². The number of nitrogens with one attached hydrogen (secondary N) is 3. The van der Waals surface area contributed by atoms with Crippen LogP contribution in [0.1, 0.15) is 17.5 Å². The fourth-order valence-electron chi connectivity index (χ4n) is 3.24. The number of aromatic nitrogens is 3. The molecular formula is C18H18FN5O2. The number of carbonyl (C=O) groups is 1. The first kappa shape index (κ1) is 16.3. The van der Waals surface area contributed by atoms with Gasteiger partial charge in [-0.05, 0) is 42.5 Å². The van der Waals surface area contributed by atoms with Crippen LogP contribution in [0.15, 0.2) is 24.3 Å². The van der Waals surface area contributed by atoms with Crippen molar-refractivity contribution in [2.45, 2.75) is 19.3 Å². The van der Waals surface area contributed by atoms with Crippen LogP contribution in [0, 0.1) is 5.82 Å². The number of methoxy groups -OCH3 is 1. The van der Waals surface area contributed by atoms with Gasteiger partial charge in [0.05, 0.1) is 12.5 Å². The lowest BCUT2D eigenvalue weighted by Gasteiger charge is -2.11. The molecule has 4 rings (SSSR count). The summed E-state index contributed by atoms with van der Waals surface area (Å²) in [5.41, 5.74) is 3.83. The number of fused-ring (bicyclic) bond motifs is 2. The predicted octanol–water partition coefficient (Wildman–Crippen LogP) is 2.91. The Morgan fingerprint density at radius 3 is 3.08 bits per heavy atom. The Labute approximate surface area is 149 Å². The summed E-state index contributed by atoms with van der Waals surface area (Å²) in [5.74, 6) is -0.439. The highest BCUT2D eigenvalue weighted by Gasteiger charge is 2.17. The summed E-state index contributed by atoms with van der Waals surface area (Å²) in [4.78, 5) is 15.5. The van der Waals surface area contributed by atoms with Crippen LogP contribution in [-0.2, 0) is 22.4 Å². The van der Waals surface area contributed by atoms with Gasteiger partial charge in [-0.15, -0.1) is 0 Å². The van der Waals surface area contributed by atoms with E-state index in [4.69, 9.17) is 0 Å². The molecule has 0 radical (unpaired) electrons. The van der Waals surface area contributed by atoms with Gasteiger partial charge in [0.25, 0.3) is 0 Å². The number of anilines is 3. The van der Waals surface area contributed by atoms with E-state index in [2.05, 4.69) is 36.6 Å². The Morgan fingerprint density at radius 2 is 2.23 bits per heavy atom. The monoisotopic (exact) mass is 355 g/mol. The SMILES string of the molecule is COC(=O)CNc1n[nH]c2nc(Nc3cccc4c3CCC4)c(F)cc12. The van der Waals surface area contributed by atoms with E-state index in [9.17, 15) is 9.18 Å². The molecule has 0 spiro atoms. The molecule has 0 unspecified atom stereocenters. The minimum Gasteiger partial charge on any atom is -0.468 e. The van der Waals surface area contributed by atoms with Crippen LogP contribution in [0.5, 0.6) is 0 Å². The van der Waals surface area contributed by atoms with Gasteiger partial charge < -0.3 is 15.4 Å². The minimum absolute atomic E-state index is 0.0613. The van der Waals surface area contributed by atoms with Crippen LogP contribution >= 0.6 is 0 Å². The van der Waals surface area contributed by atoms with Crippen LogP contribution < -0.4 is 10.6 Å². The molecule has 2 heterocycles. The summed E-state index contributed by atoms with van der Waals surface area (Å²) < 4.78 is 19.2. The Morgan fingerprint density at radius 1 is 1.35 bits per heavy atom. The molecular weight excluding hydrogens is 337 g/mol. The number of pyridine rings is 1. The van der Waals surface area contributed by atoms with Crippen molar-refractivity contribution < 1.29 is 13.9 Å². The molecule has 134 valence electrons. The zero-order chi connectivity index (χ0) is 18.1. The molecule has 0 amide bonds. The van der Waals surface area contributed by atoms with E-state index < -0.39 is 11.8 Å². The highest BCUT2D eigenvalue weighted by Crippen LogP contribution is 2.32. The summed E-state index contributed by atoms with van der Waals surface area (Å²) in [5, 5.41) is 13.2. The highest BCUT2D eigenvalue weighted by molar-refractivity contribution is 5.90. The first-order valence-corrected chi connectivity index (χ1v) is 8.39. The maximum Gasteiger partial charge on any atom is 0.325 e. The van der Waals surface area contributed by atoms with Gasteiger partial charge in [0.2, 0.25) is 0 Å². The number of halogens is 1. The fourth-order valence-corrected chi connectivity index (χ4v) is 3.24. The maximum atomic E-state index is 14.6. The lowest BCUT2D eigenvalue weighted by atomic mass is 10.1. The molecule has 1 aliphatic rings. The van der Waals surface area contributed by atoms with Crippen molar-refractivity contribution in [3.8, 4) is 0 Å². The molecule has 3 N–H and O–H groups in total. The van der Waals surface area contributed by atoms with E-state index in [1.54, 1.807) is 0 Å². The zero-order valence-electron chi connectivity index (χ0n) is 14.2.